The van der Waals surface area contributed by atoms with Crippen LogP contribution < -0.4 is 10.1 Å². The summed E-state index contributed by atoms with van der Waals surface area (Å²) in [4.78, 5) is 12.7. The van der Waals surface area contributed by atoms with Gasteiger partial charge >= 0.3 is 0 Å². The lowest BCUT2D eigenvalue weighted by Crippen LogP contribution is -2.27. The van der Waals surface area contributed by atoms with Gasteiger partial charge < -0.3 is 10.1 Å². The van der Waals surface area contributed by atoms with Crippen molar-refractivity contribution in [2.24, 2.45) is 0 Å². The van der Waals surface area contributed by atoms with Crippen molar-refractivity contribution in [3.8, 4) is 5.75 Å². The van der Waals surface area contributed by atoms with Gasteiger partial charge in [0.15, 0.2) is 0 Å². The molecule has 3 aromatic carbocycles. The Morgan fingerprint density at radius 2 is 1.74 bits per heavy atom. The minimum atomic E-state index is -0.103. The topological polar surface area (TPSA) is 38.3 Å². The van der Waals surface area contributed by atoms with E-state index in [1.54, 1.807) is 12.1 Å². The summed E-state index contributed by atoms with van der Waals surface area (Å²) in [6, 6.07) is 23.5. The molecule has 0 spiro atoms. The van der Waals surface area contributed by atoms with Gasteiger partial charge in [-0.3, -0.25) is 4.79 Å². The summed E-state index contributed by atoms with van der Waals surface area (Å²) in [6.07, 6.45) is 0. The Labute approximate surface area is 161 Å². The Morgan fingerprint density at radius 3 is 2.52 bits per heavy atom. The first kappa shape index (κ1) is 18.7. The molecule has 0 fully saturated rings. The Morgan fingerprint density at radius 1 is 0.963 bits per heavy atom. The molecule has 0 aliphatic heterocycles. The highest BCUT2D eigenvalue weighted by Crippen LogP contribution is 2.20. The van der Waals surface area contributed by atoms with Crippen molar-refractivity contribution in [3.05, 3.63) is 101 Å². The Hall–Kier alpha value is -3.07. The largest absolute Gasteiger partial charge is 0.489 e. The zero-order valence-corrected chi connectivity index (χ0v) is 16.0. The Kier molecular flexibility index (Phi) is 5.92. The van der Waals surface area contributed by atoms with Crippen molar-refractivity contribution in [1.82, 2.24) is 5.32 Å². The van der Waals surface area contributed by atoms with E-state index in [9.17, 15) is 4.79 Å². The van der Waals surface area contributed by atoms with Crippen LogP contribution in [0, 0.1) is 13.8 Å². The average molecular weight is 359 g/mol. The first-order valence-electron chi connectivity index (χ1n) is 9.18. The van der Waals surface area contributed by atoms with E-state index in [1.165, 1.54) is 11.1 Å². The molecule has 3 rings (SSSR count). The first-order chi connectivity index (χ1) is 13.0. The zero-order chi connectivity index (χ0) is 19.2. The Bertz CT molecular complexity index is 919. The lowest BCUT2D eigenvalue weighted by atomic mass is 9.99. The summed E-state index contributed by atoms with van der Waals surface area (Å²) < 4.78 is 5.83. The molecule has 27 heavy (non-hydrogen) atoms. The third-order valence-electron chi connectivity index (χ3n) is 4.59. The quantitative estimate of drug-likeness (QED) is 0.642. The van der Waals surface area contributed by atoms with Crippen LogP contribution in [0.2, 0.25) is 0 Å². The van der Waals surface area contributed by atoms with Gasteiger partial charge in [0, 0.05) is 5.56 Å². The molecule has 1 N–H and O–H groups in total. The maximum Gasteiger partial charge on any atom is 0.251 e. The summed E-state index contributed by atoms with van der Waals surface area (Å²) >= 11 is 0. The minimum Gasteiger partial charge on any atom is -0.489 e. The maximum atomic E-state index is 12.7. The van der Waals surface area contributed by atoms with Crippen molar-refractivity contribution < 1.29 is 9.53 Å². The number of amides is 1. The molecule has 0 aliphatic rings. The molecule has 0 aromatic heterocycles. The molecular formula is C24H25NO2. The van der Waals surface area contributed by atoms with Crippen LogP contribution in [0.5, 0.6) is 5.75 Å². The lowest BCUT2D eigenvalue weighted by Gasteiger charge is -2.17. The first-order valence-corrected chi connectivity index (χ1v) is 9.18. The van der Waals surface area contributed by atoms with Crippen molar-refractivity contribution in [3.63, 3.8) is 0 Å². The van der Waals surface area contributed by atoms with Gasteiger partial charge in [-0.05, 0) is 55.7 Å². The summed E-state index contributed by atoms with van der Waals surface area (Å²) in [7, 11) is 0. The smallest absolute Gasteiger partial charge is 0.251 e. The molecule has 138 valence electrons. The molecule has 0 aliphatic carbocycles. The SMILES string of the molecule is Cc1ccc(C)c(C(C)NC(=O)c2cccc(OCc3ccccc3)c2)c1. The van der Waals surface area contributed by atoms with Crippen LogP contribution in [-0.4, -0.2) is 5.91 Å². The third-order valence-corrected chi connectivity index (χ3v) is 4.59. The number of rotatable bonds is 6. The minimum absolute atomic E-state index is 0.0636. The number of hydrogen-bond donors (Lipinski definition) is 1. The molecule has 3 nitrogen and oxygen atoms in total. The molecule has 0 bridgehead atoms. The van der Waals surface area contributed by atoms with Crippen molar-refractivity contribution in [1.29, 1.82) is 0 Å². The number of benzene rings is 3. The molecule has 1 unspecified atom stereocenters. The van der Waals surface area contributed by atoms with Crippen LogP contribution in [0.25, 0.3) is 0 Å². The van der Waals surface area contributed by atoms with E-state index in [-0.39, 0.29) is 11.9 Å². The normalized spacial score (nSPS) is 11.7. The number of carbonyl (C=O) groups is 1. The maximum absolute atomic E-state index is 12.7. The highest BCUT2D eigenvalue weighted by molar-refractivity contribution is 5.94. The molecule has 1 amide bonds. The van der Waals surface area contributed by atoms with Gasteiger partial charge in [0.25, 0.3) is 5.91 Å². The summed E-state index contributed by atoms with van der Waals surface area (Å²) in [5, 5.41) is 3.09. The second-order valence-corrected chi connectivity index (χ2v) is 6.86. The number of ether oxygens (including phenoxy) is 1. The highest BCUT2D eigenvalue weighted by Gasteiger charge is 2.14. The van der Waals surface area contributed by atoms with Crippen molar-refractivity contribution in [2.75, 3.05) is 0 Å². The van der Waals surface area contributed by atoms with E-state index in [2.05, 4.69) is 37.4 Å². The molecule has 1 atom stereocenters. The van der Waals surface area contributed by atoms with Crippen LogP contribution in [0.1, 0.15) is 45.6 Å². The number of nitrogens with one attached hydrogen (secondary N) is 1. The fraction of sp³-hybridized carbons (Fsp3) is 0.208. The van der Waals surface area contributed by atoms with Crippen LogP contribution in [0.15, 0.2) is 72.8 Å². The van der Waals surface area contributed by atoms with Gasteiger partial charge in [0.2, 0.25) is 0 Å². The molecule has 3 aromatic rings. The van der Waals surface area contributed by atoms with E-state index in [0.717, 1.165) is 11.1 Å². The van der Waals surface area contributed by atoms with E-state index >= 15 is 0 Å². The molecule has 0 saturated carbocycles. The second kappa shape index (κ2) is 8.54. The molecule has 3 heteroatoms. The van der Waals surface area contributed by atoms with Crippen LogP contribution in [-0.2, 0) is 6.61 Å². The molecule has 0 heterocycles. The van der Waals surface area contributed by atoms with Crippen LogP contribution in [0.4, 0.5) is 0 Å². The number of hydrogen-bond acceptors (Lipinski definition) is 2. The van der Waals surface area contributed by atoms with E-state index < -0.39 is 0 Å². The standard InChI is InChI=1S/C24H25NO2/c1-17-12-13-18(2)23(14-17)19(3)25-24(26)21-10-7-11-22(15-21)27-16-20-8-5-4-6-9-20/h4-15,19H,16H2,1-3H3,(H,25,26). The average Bonchev–Trinajstić information content (AvgIpc) is 2.69. The number of carbonyl (C=O) groups excluding carboxylic acids is 1. The van der Waals surface area contributed by atoms with Gasteiger partial charge in [-0.15, -0.1) is 0 Å². The summed E-state index contributed by atoms with van der Waals surface area (Å²) in [5.41, 5.74) is 5.19. The van der Waals surface area contributed by atoms with E-state index in [4.69, 9.17) is 4.74 Å². The van der Waals surface area contributed by atoms with Crippen molar-refractivity contribution >= 4 is 5.91 Å². The summed E-state index contributed by atoms with van der Waals surface area (Å²) in [5.74, 6) is 0.583. The predicted molar refractivity (Wildman–Crippen MR) is 109 cm³/mol. The fourth-order valence-corrected chi connectivity index (χ4v) is 3.05. The lowest BCUT2D eigenvalue weighted by molar-refractivity contribution is 0.0939. The van der Waals surface area contributed by atoms with Gasteiger partial charge in [0.05, 0.1) is 6.04 Å². The van der Waals surface area contributed by atoms with Crippen molar-refractivity contribution in [2.45, 2.75) is 33.4 Å². The Balaban J connectivity index is 1.67. The highest BCUT2D eigenvalue weighted by atomic mass is 16.5. The van der Waals surface area contributed by atoms with E-state index in [0.29, 0.717) is 17.9 Å². The molecule has 0 radical (unpaired) electrons. The molecule has 0 saturated heterocycles. The van der Waals surface area contributed by atoms with Crippen LogP contribution >= 0.6 is 0 Å². The van der Waals surface area contributed by atoms with Gasteiger partial charge in [-0.1, -0.05) is 60.2 Å². The van der Waals surface area contributed by atoms with Crippen LogP contribution in [0.3, 0.4) is 0 Å². The summed E-state index contributed by atoms with van der Waals surface area (Å²) in [6.45, 7) is 6.61. The van der Waals surface area contributed by atoms with Gasteiger partial charge in [0.1, 0.15) is 12.4 Å². The number of aryl methyl sites for hydroxylation is 2. The monoisotopic (exact) mass is 359 g/mol. The molecular weight excluding hydrogens is 334 g/mol. The van der Waals surface area contributed by atoms with E-state index in [1.807, 2.05) is 49.4 Å². The zero-order valence-electron chi connectivity index (χ0n) is 16.0. The second-order valence-electron chi connectivity index (χ2n) is 6.86. The third kappa shape index (κ3) is 4.98. The predicted octanol–water partition coefficient (Wildman–Crippen LogP) is 5.37. The van der Waals surface area contributed by atoms with Gasteiger partial charge in [-0.2, -0.15) is 0 Å². The van der Waals surface area contributed by atoms with Gasteiger partial charge in [-0.25, -0.2) is 0 Å². The fourth-order valence-electron chi connectivity index (χ4n) is 3.05.